The summed E-state index contributed by atoms with van der Waals surface area (Å²) in [7, 11) is 2.67. The summed E-state index contributed by atoms with van der Waals surface area (Å²) in [5, 5.41) is 19.4. The van der Waals surface area contributed by atoms with Crippen molar-refractivity contribution in [2.75, 3.05) is 7.05 Å². The quantitative estimate of drug-likeness (QED) is 0.546. The molecule has 202 valence electrons. The Morgan fingerprint density at radius 3 is 1.92 bits per heavy atom. The molecule has 2 saturated heterocycles. The van der Waals surface area contributed by atoms with Gasteiger partial charge in [0.25, 0.3) is 0 Å². The Morgan fingerprint density at radius 2 is 1.39 bits per heavy atom. The molecule has 0 spiro atoms. The molecule has 38 heavy (non-hydrogen) atoms. The van der Waals surface area contributed by atoms with Crippen molar-refractivity contribution in [1.29, 1.82) is 10.5 Å². The number of hydrogen-bond donors (Lipinski definition) is 0. The van der Waals surface area contributed by atoms with Crippen LogP contribution in [-0.2, 0) is 25.7 Å². The van der Waals surface area contributed by atoms with E-state index in [1.807, 2.05) is 65.4 Å². The van der Waals surface area contributed by atoms with E-state index in [0.717, 1.165) is 22.3 Å². The van der Waals surface area contributed by atoms with Gasteiger partial charge in [-0.25, -0.2) is 0 Å². The number of allylic oxidation sites excluding steroid dienone is 3. The molecule has 2 fully saturated rings. The molecule has 8 nitrogen and oxygen atoms in total. The summed E-state index contributed by atoms with van der Waals surface area (Å²) in [5.74, 6) is 0. The topological polar surface area (TPSA) is 92.7 Å². The summed E-state index contributed by atoms with van der Waals surface area (Å²) in [5.41, 5.74) is 2.48. The fourth-order valence-electron chi connectivity index (χ4n) is 5.58. The number of aryl methyl sites for hydroxylation is 1. The Balaban J connectivity index is 1.56. The second-order valence-electron chi connectivity index (χ2n) is 12.4. The Hall–Kier alpha value is -2.49. The zero-order chi connectivity index (χ0) is 28.4. The van der Waals surface area contributed by atoms with Crippen molar-refractivity contribution in [3.63, 3.8) is 0 Å². The Labute approximate surface area is 228 Å². The van der Waals surface area contributed by atoms with Gasteiger partial charge in [-0.3, -0.25) is 0 Å². The molecule has 0 saturated carbocycles. The SMILES string of the molecule is CC1=C(B2OC(C)(C)C(C)(CCC3(C)OB(c4cc(C)n(C)c4C#N)OC3(C)C)O2)C=C(C#N)[C@@H](C)N1C. The number of nitrogens with zero attached hydrogens (tertiary/aromatic N) is 4. The highest BCUT2D eigenvalue weighted by atomic mass is 16.7. The van der Waals surface area contributed by atoms with Crippen molar-refractivity contribution >= 4 is 19.7 Å². The van der Waals surface area contributed by atoms with Crippen LogP contribution < -0.4 is 5.46 Å². The highest BCUT2D eigenvalue weighted by molar-refractivity contribution is 6.63. The molecular weight excluding hydrogens is 478 g/mol. The van der Waals surface area contributed by atoms with Gasteiger partial charge in [0.15, 0.2) is 0 Å². The van der Waals surface area contributed by atoms with Gasteiger partial charge < -0.3 is 28.1 Å². The minimum Gasteiger partial charge on any atom is -0.399 e. The fraction of sp³-hybridized carbons (Fsp3) is 0.643. The highest BCUT2D eigenvalue weighted by Crippen LogP contribution is 2.48. The first kappa shape index (κ1) is 28.5. The van der Waals surface area contributed by atoms with Crippen LogP contribution in [0.5, 0.6) is 0 Å². The van der Waals surface area contributed by atoms with E-state index < -0.39 is 36.6 Å². The fourth-order valence-corrected chi connectivity index (χ4v) is 5.58. The van der Waals surface area contributed by atoms with Crippen LogP contribution in [0, 0.1) is 29.6 Å². The number of nitriles is 2. The molecule has 0 bridgehead atoms. The predicted molar refractivity (Wildman–Crippen MR) is 148 cm³/mol. The van der Waals surface area contributed by atoms with Gasteiger partial charge in [-0.2, -0.15) is 10.5 Å². The molecule has 4 rings (SSSR count). The summed E-state index contributed by atoms with van der Waals surface area (Å²) in [4.78, 5) is 2.09. The van der Waals surface area contributed by atoms with Gasteiger partial charge in [0.05, 0.1) is 40.1 Å². The molecule has 0 aliphatic carbocycles. The third kappa shape index (κ3) is 4.32. The zero-order valence-corrected chi connectivity index (χ0v) is 24.7. The first-order valence-corrected chi connectivity index (χ1v) is 13.3. The van der Waals surface area contributed by atoms with E-state index in [2.05, 4.69) is 44.7 Å². The molecule has 3 aliphatic heterocycles. The zero-order valence-electron chi connectivity index (χ0n) is 24.7. The molecule has 3 aliphatic rings. The van der Waals surface area contributed by atoms with Crippen molar-refractivity contribution in [2.45, 2.75) is 104 Å². The van der Waals surface area contributed by atoms with Crippen molar-refractivity contribution in [1.82, 2.24) is 9.47 Å². The summed E-state index contributed by atoms with van der Waals surface area (Å²) >= 11 is 0. The average molecular weight is 518 g/mol. The van der Waals surface area contributed by atoms with E-state index >= 15 is 0 Å². The van der Waals surface area contributed by atoms with Crippen LogP contribution in [0.3, 0.4) is 0 Å². The second kappa shape index (κ2) is 9.31. The Kier molecular flexibility index (Phi) is 6.99. The average Bonchev–Trinajstić information content (AvgIpc) is 3.36. The largest absolute Gasteiger partial charge is 0.497 e. The highest BCUT2D eigenvalue weighted by Gasteiger charge is 2.59. The van der Waals surface area contributed by atoms with Crippen LogP contribution in [0.25, 0.3) is 0 Å². The molecule has 1 aromatic rings. The van der Waals surface area contributed by atoms with Gasteiger partial charge >= 0.3 is 14.2 Å². The summed E-state index contributed by atoms with van der Waals surface area (Å²) in [6.45, 7) is 18.4. The minimum atomic E-state index is -0.627. The maximum absolute atomic E-state index is 9.74. The summed E-state index contributed by atoms with van der Waals surface area (Å²) in [6.07, 6.45) is 3.25. The first-order chi connectivity index (χ1) is 17.5. The van der Waals surface area contributed by atoms with Gasteiger partial charge in [0.1, 0.15) is 11.8 Å². The second-order valence-corrected chi connectivity index (χ2v) is 12.4. The van der Waals surface area contributed by atoms with Gasteiger partial charge in [-0.1, -0.05) is 0 Å². The van der Waals surface area contributed by atoms with Gasteiger partial charge in [-0.15, -0.1) is 0 Å². The normalized spacial score (nSPS) is 30.5. The molecule has 0 N–H and O–H groups in total. The number of hydrogen-bond acceptors (Lipinski definition) is 7. The van der Waals surface area contributed by atoms with E-state index in [4.69, 9.17) is 18.6 Å². The molecule has 1 aromatic heterocycles. The van der Waals surface area contributed by atoms with Gasteiger partial charge in [0.2, 0.25) is 0 Å². The lowest BCUT2D eigenvalue weighted by molar-refractivity contribution is -0.0576. The lowest BCUT2D eigenvalue weighted by Crippen LogP contribution is -2.50. The minimum absolute atomic E-state index is 0.00846. The molecule has 4 heterocycles. The maximum Gasteiger partial charge on any atom is 0.497 e. The molecule has 3 atom stereocenters. The van der Waals surface area contributed by atoms with Crippen LogP contribution in [0.2, 0.25) is 0 Å². The van der Waals surface area contributed by atoms with E-state index in [9.17, 15) is 10.5 Å². The molecule has 10 heteroatoms. The molecule has 2 unspecified atom stereocenters. The molecular formula is C28H40B2N4O4. The number of aromatic nitrogens is 1. The van der Waals surface area contributed by atoms with Crippen LogP contribution in [0.15, 0.2) is 28.9 Å². The Bertz CT molecular complexity index is 1290. The van der Waals surface area contributed by atoms with Gasteiger partial charge in [-0.05, 0) is 87.3 Å². The van der Waals surface area contributed by atoms with E-state index in [1.54, 1.807) is 0 Å². The lowest BCUT2D eigenvalue weighted by Gasteiger charge is -2.42. The van der Waals surface area contributed by atoms with Gasteiger partial charge in [0, 0.05) is 36.4 Å². The number of rotatable bonds is 5. The summed E-state index contributed by atoms with van der Waals surface area (Å²) < 4.78 is 28.1. The van der Waals surface area contributed by atoms with Crippen molar-refractivity contribution in [2.24, 2.45) is 7.05 Å². The third-order valence-corrected chi connectivity index (χ3v) is 9.70. The van der Waals surface area contributed by atoms with Crippen LogP contribution in [-0.4, -0.2) is 59.2 Å². The van der Waals surface area contributed by atoms with E-state index in [0.29, 0.717) is 24.1 Å². The van der Waals surface area contributed by atoms with Crippen LogP contribution in [0.4, 0.5) is 0 Å². The number of likely N-dealkylation sites (N-methyl/N-ethyl adjacent to an activating group) is 1. The van der Waals surface area contributed by atoms with Crippen LogP contribution in [0.1, 0.15) is 79.6 Å². The molecule has 0 aromatic carbocycles. The maximum atomic E-state index is 9.74. The molecule has 0 amide bonds. The third-order valence-electron chi connectivity index (χ3n) is 9.70. The molecule has 0 radical (unpaired) electrons. The van der Waals surface area contributed by atoms with Crippen molar-refractivity contribution in [3.8, 4) is 12.1 Å². The van der Waals surface area contributed by atoms with Crippen molar-refractivity contribution < 1.29 is 18.6 Å². The Morgan fingerprint density at radius 1 is 0.868 bits per heavy atom. The lowest BCUT2D eigenvalue weighted by atomic mass is 9.73. The monoisotopic (exact) mass is 518 g/mol. The van der Waals surface area contributed by atoms with E-state index in [-0.39, 0.29) is 6.04 Å². The first-order valence-electron chi connectivity index (χ1n) is 13.3. The standard InChI is InChI=1S/C28H40B2N4O4/c1-18-14-23(24(17-32)33(18)10)30-36-26(6,7)28(9,38-30)13-12-27(8)25(4,5)35-29(37-27)22-15-21(16-31)19(2)34(11)20(22)3/h14-15,19H,12-13H2,1-11H3/t19-,27?,28?/m1/s1. The van der Waals surface area contributed by atoms with Crippen molar-refractivity contribution in [3.05, 3.63) is 40.3 Å². The van der Waals surface area contributed by atoms with E-state index in [1.165, 1.54) is 0 Å². The van der Waals surface area contributed by atoms with Crippen LogP contribution >= 0.6 is 0 Å². The predicted octanol–water partition coefficient (Wildman–Crippen LogP) is 3.93. The summed E-state index contributed by atoms with van der Waals surface area (Å²) in [6, 6.07) is 6.60. The smallest absolute Gasteiger partial charge is 0.399 e.